The predicted molar refractivity (Wildman–Crippen MR) is 122 cm³/mol. The molecule has 0 aliphatic carbocycles. The number of ether oxygens (including phenoxy) is 1. The van der Waals surface area contributed by atoms with Crippen LogP contribution in [0, 0.1) is 5.41 Å². The number of nitrogens with zero attached hydrogens (tertiary/aromatic N) is 4. The van der Waals surface area contributed by atoms with Crippen LogP contribution in [0.4, 0.5) is 0 Å². The Bertz CT molecular complexity index is 1340. The quantitative estimate of drug-likeness (QED) is 0.498. The van der Waals surface area contributed by atoms with Crippen molar-refractivity contribution >= 4 is 61.5 Å². The van der Waals surface area contributed by atoms with Gasteiger partial charge in [-0.1, -0.05) is 11.6 Å². The maximum atomic E-state index is 12.6. The summed E-state index contributed by atoms with van der Waals surface area (Å²) in [5.41, 5.74) is 1.08. The molecule has 0 fully saturated rings. The minimum atomic E-state index is -3.84. The van der Waals surface area contributed by atoms with Gasteiger partial charge in [0.25, 0.3) is 5.91 Å². The van der Waals surface area contributed by atoms with Crippen molar-refractivity contribution in [3.8, 4) is 11.5 Å². The van der Waals surface area contributed by atoms with Crippen molar-refractivity contribution in [2.24, 2.45) is 10.1 Å². The highest BCUT2D eigenvalue weighted by Gasteiger charge is 2.36. The molecule has 0 radical (unpaired) electrons. The zero-order valence-electron chi connectivity index (χ0n) is 16.6. The molecule has 1 aromatic carbocycles. The summed E-state index contributed by atoms with van der Waals surface area (Å²) < 4.78 is 33.0. The molecule has 10 nitrogen and oxygen atoms in total. The number of amides is 1. The highest BCUT2D eigenvalue weighted by Crippen LogP contribution is 2.38. The standard InChI is InChI=1S/C19H14ClN5O5S2/c1-29-14-8-10(7-13(20)15(14)30-32(2,27)28)6-12-16(21)25-19(23-17(12)26)31-18(24-25)11-4-3-5-22-9-11/h3-9,21H,1-2H3. The average Bonchev–Trinajstić information content (AvgIpc) is 3.17. The third-order valence-electron chi connectivity index (χ3n) is 4.16. The van der Waals surface area contributed by atoms with Crippen LogP contribution in [0.15, 0.2) is 52.3 Å². The third-order valence-corrected chi connectivity index (χ3v) is 5.87. The Morgan fingerprint density at radius 3 is 2.75 bits per heavy atom. The third kappa shape index (κ3) is 4.38. The van der Waals surface area contributed by atoms with E-state index in [0.717, 1.165) is 23.6 Å². The molecule has 13 heteroatoms. The van der Waals surface area contributed by atoms with Gasteiger partial charge in [0.1, 0.15) is 5.04 Å². The Hall–Kier alpha value is -3.22. The van der Waals surface area contributed by atoms with Gasteiger partial charge < -0.3 is 8.92 Å². The number of thioether (sulfide) groups is 1. The fourth-order valence-corrected chi connectivity index (χ4v) is 4.48. The van der Waals surface area contributed by atoms with E-state index in [0.29, 0.717) is 10.6 Å². The molecule has 32 heavy (non-hydrogen) atoms. The summed E-state index contributed by atoms with van der Waals surface area (Å²) in [4.78, 5) is 20.7. The fraction of sp³-hybridized carbons (Fsp3) is 0.105. The number of fused-ring (bicyclic) bond motifs is 1. The van der Waals surface area contributed by atoms with Crippen LogP contribution < -0.4 is 8.92 Å². The van der Waals surface area contributed by atoms with Crippen LogP contribution in [0.2, 0.25) is 5.02 Å². The molecule has 2 aliphatic rings. The summed E-state index contributed by atoms with van der Waals surface area (Å²) in [5.74, 6) is -0.922. The first-order chi connectivity index (χ1) is 15.2. The molecule has 0 atom stereocenters. The smallest absolute Gasteiger partial charge is 0.306 e. The van der Waals surface area contributed by atoms with E-state index in [4.69, 9.17) is 25.9 Å². The molecule has 1 aromatic heterocycles. The van der Waals surface area contributed by atoms with E-state index in [-0.39, 0.29) is 33.1 Å². The molecule has 0 saturated carbocycles. The second-order valence-electron chi connectivity index (χ2n) is 6.49. The van der Waals surface area contributed by atoms with Gasteiger partial charge in [0.2, 0.25) is 10.9 Å². The molecule has 4 rings (SSSR count). The number of hydrogen-bond acceptors (Lipinski definition) is 9. The number of rotatable bonds is 5. The van der Waals surface area contributed by atoms with Crippen LogP contribution in [0.25, 0.3) is 6.08 Å². The van der Waals surface area contributed by atoms with Gasteiger partial charge in [-0.2, -0.15) is 23.5 Å². The lowest BCUT2D eigenvalue weighted by atomic mass is 10.1. The van der Waals surface area contributed by atoms with Gasteiger partial charge in [-0.25, -0.2) is 0 Å². The number of carbonyl (C=O) groups excluding carboxylic acids is 1. The number of carbonyl (C=O) groups is 1. The first-order valence-electron chi connectivity index (χ1n) is 8.84. The first kappa shape index (κ1) is 22.0. The van der Waals surface area contributed by atoms with Crippen molar-refractivity contribution in [2.75, 3.05) is 13.4 Å². The summed E-state index contributed by atoms with van der Waals surface area (Å²) in [6.07, 6.45) is 5.53. The van der Waals surface area contributed by atoms with Crippen LogP contribution in [0.3, 0.4) is 0 Å². The van der Waals surface area contributed by atoms with E-state index in [2.05, 4.69) is 15.1 Å². The van der Waals surface area contributed by atoms with Gasteiger partial charge in [0, 0.05) is 18.0 Å². The van der Waals surface area contributed by atoms with Crippen LogP contribution >= 0.6 is 23.4 Å². The van der Waals surface area contributed by atoms with Gasteiger partial charge in [-0.15, -0.1) is 0 Å². The molecule has 0 spiro atoms. The highest BCUT2D eigenvalue weighted by atomic mass is 35.5. The molecule has 164 valence electrons. The second-order valence-corrected chi connectivity index (χ2v) is 9.43. The number of aromatic nitrogens is 1. The molecule has 0 saturated heterocycles. The normalized spacial score (nSPS) is 17.2. The number of amidine groups is 2. The lowest BCUT2D eigenvalue weighted by Gasteiger charge is -2.20. The van der Waals surface area contributed by atoms with Gasteiger partial charge in [-0.3, -0.25) is 15.2 Å². The molecule has 0 bridgehead atoms. The maximum Gasteiger partial charge on any atom is 0.306 e. The van der Waals surface area contributed by atoms with Crippen molar-refractivity contribution in [3.05, 3.63) is 58.4 Å². The number of hydrogen-bond donors (Lipinski definition) is 1. The molecule has 2 aromatic rings. The van der Waals surface area contributed by atoms with Gasteiger partial charge >= 0.3 is 10.1 Å². The van der Waals surface area contributed by atoms with Crippen molar-refractivity contribution in [1.82, 2.24) is 9.99 Å². The Balaban J connectivity index is 1.70. The largest absolute Gasteiger partial charge is 0.493 e. The monoisotopic (exact) mass is 491 g/mol. The molecule has 1 N–H and O–H groups in total. The molecule has 1 amide bonds. The van der Waals surface area contributed by atoms with E-state index in [1.54, 1.807) is 18.5 Å². The minimum absolute atomic E-state index is 0.0274. The average molecular weight is 492 g/mol. The molecular formula is C19H14ClN5O5S2. The summed E-state index contributed by atoms with van der Waals surface area (Å²) in [6.45, 7) is 0. The number of pyridine rings is 1. The van der Waals surface area contributed by atoms with Crippen molar-refractivity contribution < 1.29 is 22.1 Å². The van der Waals surface area contributed by atoms with Crippen LogP contribution in [-0.2, 0) is 14.9 Å². The Morgan fingerprint density at radius 1 is 1.31 bits per heavy atom. The second kappa shape index (κ2) is 8.37. The number of aliphatic imine (C=N–C) groups is 1. The number of nitrogens with one attached hydrogen (secondary N) is 1. The van der Waals surface area contributed by atoms with Crippen molar-refractivity contribution in [2.45, 2.75) is 0 Å². The topological polar surface area (TPSA) is 134 Å². The zero-order valence-corrected chi connectivity index (χ0v) is 19.0. The Kier molecular flexibility index (Phi) is 5.75. The number of methoxy groups -OCH3 is 1. The summed E-state index contributed by atoms with van der Waals surface area (Å²) in [7, 11) is -2.52. The van der Waals surface area contributed by atoms with E-state index >= 15 is 0 Å². The van der Waals surface area contributed by atoms with Crippen LogP contribution in [0.5, 0.6) is 11.5 Å². The first-order valence-corrected chi connectivity index (χ1v) is 11.8. The lowest BCUT2D eigenvalue weighted by molar-refractivity contribution is -0.114. The Labute approximate surface area is 192 Å². The number of benzene rings is 1. The maximum absolute atomic E-state index is 12.6. The highest BCUT2D eigenvalue weighted by molar-refractivity contribution is 8.27. The van der Waals surface area contributed by atoms with Gasteiger partial charge in [0.05, 0.1) is 24.0 Å². The summed E-state index contributed by atoms with van der Waals surface area (Å²) in [6, 6.07) is 6.39. The minimum Gasteiger partial charge on any atom is -0.493 e. The molecule has 0 unspecified atom stereocenters. The number of hydrazone groups is 1. The van der Waals surface area contributed by atoms with Crippen LogP contribution in [-0.4, -0.2) is 53.7 Å². The fourth-order valence-electron chi connectivity index (χ4n) is 2.82. The van der Waals surface area contributed by atoms with Crippen LogP contribution in [0.1, 0.15) is 11.1 Å². The SMILES string of the molecule is COc1cc(C=C2C(=N)N3N=C(c4cccnc4)SC3=NC2=O)cc(Cl)c1OS(C)(=O)=O. The molecule has 3 heterocycles. The molecular weight excluding hydrogens is 478 g/mol. The van der Waals surface area contributed by atoms with Gasteiger partial charge in [-0.05, 0) is 47.7 Å². The zero-order chi connectivity index (χ0) is 23.0. The van der Waals surface area contributed by atoms with E-state index in [1.807, 2.05) is 6.07 Å². The summed E-state index contributed by atoms with van der Waals surface area (Å²) in [5, 5.41) is 14.9. The van der Waals surface area contributed by atoms with E-state index in [9.17, 15) is 13.2 Å². The Morgan fingerprint density at radius 2 is 2.09 bits per heavy atom. The molecule has 2 aliphatic heterocycles. The van der Waals surface area contributed by atoms with Gasteiger partial charge in [0.15, 0.2) is 11.6 Å². The summed E-state index contributed by atoms with van der Waals surface area (Å²) >= 11 is 7.34. The predicted octanol–water partition coefficient (Wildman–Crippen LogP) is 2.75. The van der Waals surface area contributed by atoms with Crippen molar-refractivity contribution in [3.63, 3.8) is 0 Å². The number of halogens is 1. The van der Waals surface area contributed by atoms with E-state index in [1.165, 1.54) is 30.3 Å². The lowest BCUT2D eigenvalue weighted by Crippen LogP contribution is -2.35. The van der Waals surface area contributed by atoms with Crippen molar-refractivity contribution in [1.29, 1.82) is 5.41 Å². The van der Waals surface area contributed by atoms with E-state index < -0.39 is 16.0 Å².